The lowest BCUT2D eigenvalue weighted by Crippen LogP contribution is -2.34. The first-order valence-electron chi connectivity index (χ1n) is 8.11. The molecule has 0 saturated carbocycles. The van der Waals surface area contributed by atoms with E-state index in [1.54, 1.807) is 17.7 Å². The van der Waals surface area contributed by atoms with Gasteiger partial charge in [0, 0.05) is 30.8 Å². The molecule has 1 fully saturated rings. The van der Waals surface area contributed by atoms with Crippen LogP contribution in [0.4, 0.5) is 0 Å². The normalized spacial score (nSPS) is 14.8. The Hall–Kier alpha value is -2.02. The lowest BCUT2D eigenvalue weighted by molar-refractivity contribution is 0.0766. The fraction of sp³-hybridized carbons (Fsp3) is 0.278. The Balaban J connectivity index is 0.00000182. The lowest BCUT2D eigenvalue weighted by Gasteiger charge is -2.20. The van der Waals surface area contributed by atoms with Crippen molar-refractivity contribution < 1.29 is 4.79 Å². The summed E-state index contributed by atoms with van der Waals surface area (Å²) >= 11 is 1.64. The Morgan fingerprint density at radius 3 is 2.76 bits per heavy atom. The molecule has 0 aliphatic carbocycles. The van der Waals surface area contributed by atoms with Gasteiger partial charge in [0.15, 0.2) is 0 Å². The van der Waals surface area contributed by atoms with E-state index in [1.165, 1.54) is 0 Å². The van der Waals surface area contributed by atoms with Crippen LogP contribution >= 0.6 is 23.7 Å². The summed E-state index contributed by atoms with van der Waals surface area (Å²) in [5.41, 5.74) is 3.63. The standard InChI is InChI=1S/C18H18N4OS.ClH/c23-18(22-9-1-7-19-8-10-22)14-4-2-13(3-5-14)16-17-15(6-11-24-17)20-12-21-16;/h2-6,11-12,19H,1,7-10H2;1H. The molecule has 1 amide bonds. The molecule has 1 aliphatic rings. The summed E-state index contributed by atoms with van der Waals surface area (Å²) in [6.45, 7) is 3.42. The van der Waals surface area contributed by atoms with E-state index in [4.69, 9.17) is 0 Å². The van der Waals surface area contributed by atoms with Crippen molar-refractivity contribution in [1.29, 1.82) is 0 Å². The number of fused-ring (bicyclic) bond motifs is 1. The third kappa shape index (κ3) is 3.66. The van der Waals surface area contributed by atoms with Crippen LogP contribution in [0.15, 0.2) is 42.0 Å². The monoisotopic (exact) mass is 374 g/mol. The summed E-state index contributed by atoms with van der Waals surface area (Å²) in [5.74, 6) is 0.106. The van der Waals surface area contributed by atoms with Crippen molar-refractivity contribution in [3.8, 4) is 11.3 Å². The molecular formula is C18H19ClN4OS. The van der Waals surface area contributed by atoms with E-state index in [1.807, 2.05) is 40.6 Å². The Morgan fingerprint density at radius 1 is 1.08 bits per heavy atom. The molecule has 0 spiro atoms. The van der Waals surface area contributed by atoms with E-state index in [-0.39, 0.29) is 18.3 Å². The minimum atomic E-state index is 0. The zero-order chi connectivity index (χ0) is 16.4. The number of nitrogens with one attached hydrogen (secondary N) is 1. The minimum Gasteiger partial charge on any atom is -0.337 e. The summed E-state index contributed by atoms with van der Waals surface area (Å²) in [6.07, 6.45) is 2.59. The van der Waals surface area contributed by atoms with Gasteiger partial charge in [-0.1, -0.05) is 12.1 Å². The number of nitrogens with zero attached hydrogens (tertiary/aromatic N) is 3. The van der Waals surface area contributed by atoms with Crippen LogP contribution in [-0.2, 0) is 0 Å². The van der Waals surface area contributed by atoms with Crippen LogP contribution in [0.5, 0.6) is 0 Å². The van der Waals surface area contributed by atoms with Crippen LogP contribution in [0, 0.1) is 0 Å². The number of hydrogen-bond acceptors (Lipinski definition) is 5. The molecule has 2 aromatic heterocycles. The maximum absolute atomic E-state index is 12.6. The first-order chi connectivity index (χ1) is 11.8. The third-order valence-electron chi connectivity index (χ3n) is 4.28. The van der Waals surface area contributed by atoms with Crippen molar-refractivity contribution in [3.05, 3.63) is 47.6 Å². The Kier molecular flexibility index (Phi) is 5.63. The second-order valence-electron chi connectivity index (χ2n) is 5.83. The van der Waals surface area contributed by atoms with Crippen molar-refractivity contribution in [2.75, 3.05) is 26.2 Å². The number of halogens is 1. The highest BCUT2D eigenvalue weighted by molar-refractivity contribution is 7.17. The van der Waals surface area contributed by atoms with Gasteiger partial charge in [-0.15, -0.1) is 23.7 Å². The summed E-state index contributed by atoms with van der Waals surface area (Å²) < 4.78 is 1.08. The van der Waals surface area contributed by atoms with Gasteiger partial charge in [0.25, 0.3) is 5.91 Å². The molecule has 0 radical (unpaired) electrons. The molecular weight excluding hydrogens is 356 g/mol. The molecule has 1 saturated heterocycles. The number of rotatable bonds is 2. The third-order valence-corrected chi connectivity index (χ3v) is 5.19. The molecule has 0 atom stereocenters. The highest BCUT2D eigenvalue weighted by Crippen LogP contribution is 2.29. The molecule has 3 aromatic rings. The van der Waals surface area contributed by atoms with E-state index in [9.17, 15) is 4.79 Å². The van der Waals surface area contributed by atoms with Crippen molar-refractivity contribution in [1.82, 2.24) is 20.2 Å². The molecule has 1 N–H and O–H groups in total. The first kappa shape index (κ1) is 17.8. The molecule has 4 rings (SSSR count). The fourth-order valence-corrected chi connectivity index (χ4v) is 3.85. The van der Waals surface area contributed by atoms with Gasteiger partial charge in [-0.05, 0) is 36.5 Å². The van der Waals surface area contributed by atoms with Crippen LogP contribution in [0.3, 0.4) is 0 Å². The highest BCUT2D eigenvalue weighted by atomic mass is 35.5. The molecule has 0 unspecified atom stereocenters. The molecule has 130 valence electrons. The molecule has 25 heavy (non-hydrogen) atoms. The molecule has 1 aliphatic heterocycles. The number of carbonyl (C=O) groups is 1. The van der Waals surface area contributed by atoms with Crippen LogP contribution in [-0.4, -0.2) is 47.0 Å². The van der Waals surface area contributed by atoms with Crippen LogP contribution in [0.25, 0.3) is 21.5 Å². The van der Waals surface area contributed by atoms with Gasteiger partial charge in [-0.2, -0.15) is 0 Å². The fourth-order valence-electron chi connectivity index (χ4n) is 3.00. The van der Waals surface area contributed by atoms with Crippen molar-refractivity contribution in [3.63, 3.8) is 0 Å². The van der Waals surface area contributed by atoms with Crippen molar-refractivity contribution in [2.45, 2.75) is 6.42 Å². The van der Waals surface area contributed by atoms with Gasteiger partial charge in [-0.25, -0.2) is 9.97 Å². The van der Waals surface area contributed by atoms with Gasteiger partial charge in [0.05, 0.1) is 15.9 Å². The highest BCUT2D eigenvalue weighted by Gasteiger charge is 2.17. The maximum atomic E-state index is 12.6. The number of thiophene rings is 1. The predicted molar refractivity (Wildman–Crippen MR) is 103 cm³/mol. The number of amides is 1. The number of aromatic nitrogens is 2. The zero-order valence-corrected chi connectivity index (χ0v) is 15.3. The van der Waals surface area contributed by atoms with E-state index < -0.39 is 0 Å². The molecule has 5 nitrogen and oxygen atoms in total. The first-order valence-corrected chi connectivity index (χ1v) is 8.99. The van der Waals surface area contributed by atoms with E-state index in [2.05, 4.69) is 15.3 Å². The Morgan fingerprint density at radius 2 is 1.92 bits per heavy atom. The Labute approximate surface area is 156 Å². The maximum Gasteiger partial charge on any atom is 0.253 e. The number of benzene rings is 1. The summed E-state index contributed by atoms with van der Waals surface area (Å²) in [7, 11) is 0. The van der Waals surface area contributed by atoms with Crippen LogP contribution in [0.1, 0.15) is 16.8 Å². The molecule has 3 heterocycles. The quantitative estimate of drug-likeness (QED) is 0.748. The molecule has 7 heteroatoms. The van der Waals surface area contributed by atoms with Crippen molar-refractivity contribution >= 4 is 39.9 Å². The zero-order valence-electron chi connectivity index (χ0n) is 13.6. The number of carbonyl (C=O) groups excluding carboxylic acids is 1. The Bertz CT molecular complexity index is 857. The van der Waals surface area contributed by atoms with Crippen molar-refractivity contribution in [2.24, 2.45) is 0 Å². The predicted octanol–water partition coefficient (Wildman–Crippen LogP) is 3.22. The van der Waals surface area contributed by atoms with Gasteiger partial charge >= 0.3 is 0 Å². The van der Waals surface area contributed by atoms with Crippen LogP contribution in [0.2, 0.25) is 0 Å². The average molecular weight is 375 g/mol. The summed E-state index contributed by atoms with van der Waals surface area (Å²) in [5, 5.41) is 5.34. The van der Waals surface area contributed by atoms with E-state index in [0.717, 1.165) is 59.6 Å². The second kappa shape index (κ2) is 7.91. The largest absolute Gasteiger partial charge is 0.337 e. The SMILES string of the molecule is Cl.O=C(c1ccc(-c2ncnc3ccsc23)cc1)N1CCCNCC1. The van der Waals surface area contributed by atoms with Gasteiger partial charge in [0.1, 0.15) is 6.33 Å². The smallest absolute Gasteiger partial charge is 0.253 e. The minimum absolute atomic E-state index is 0. The molecule has 1 aromatic carbocycles. The van der Waals surface area contributed by atoms with Gasteiger partial charge < -0.3 is 10.2 Å². The van der Waals surface area contributed by atoms with Gasteiger partial charge in [-0.3, -0.25) is 4.79 Å². The second-order valence-corrected chi connectivity index (χ2v) is 6.75. The summed E-state index contributed by atoms with van der Waals surface area (Å²) in [4.78, 5) is 23.3. The van der Waals surface area contributed by atoms with Gasteiger partial charge in [0.2, 0.25) is 0 Å². The van der Waals surface area contributed by atoms with Crippen LogP contribution < -0.4 is 5.32 Å². The average Bonchev–Trinajstić information content (AvgIpc) is 2.95. The topological polar surface area (TPSA) is 58.1 Å². The summed E-state index contributed by atoms with van der Waals surface area (Å²) in [6, 6.07) is 9.75. The van der Waals surface area contributed by atoms with E-state index >= 15 is 0 Å². The van der Waals surface area contributed by atoms with E-state index in [0.29, 0.717) is 0 Å². The molecule has 0 bridgehead atoms. The lowest BCUT2D eigenvalue weighted by atomic mass is 10.1. The number of hydrogen-bond donors (Lipinski definition) is 1.